The normalized spacial score (nSPS) is 18.4. The predicted molar refractivity (Wildman–Crippen MR) is 91.4 cm³/mol. The lowest BCUT2D eigenvalue weighted by molar-refractivity contribution is -0.134. The predicted octanol–water partition coefficient (Wildman–Crippen LogP) is 3.51. The summed E-state index contributed by atoms with van der Waals surface area (Å²) in [6.45, 7) is 2.33. The molecule has 1 aromatic carbocycles. The van der Waals surface area contributed by atoms with E-state index < -0.39 is 0 Å². The number of thiophene rings is 1. The Balaban J connectivity index is 1.72. The van der Waals surface area contributed by atoms with Crippen molar-refractivity contribution >= 4 is 28.8 Å². The van der Waals surface area contributed by atoms with Gasteiger partial charge in [0, 0.05) is 31.1 Å². The number of hydrogen-bond donors (Lipinski definition) is 1. The van der Waals surface area contributed by atoms with Gasteiger partial charge in [0.15, 0.2) is 0 Å². The van der Waals surface area contributed by atoms with Crippen molar-refractivity contribution < 1.29 is 4.79 Å². The van der Waals surface area contributed by atoms with E-state index in [1.807, 2.05) is 29.2 Å². The first-order chi connectivity index (χ1) is 10.8. The molecule has 0 aliphatic carbocycles. The molecule has 5 heteroatoms. The van der Waals surface area contributed by atoms with Crippen LogP contribution >= 0.6 is 22.9 Å². The molecule has 3 rings (SSSR count). The number of benzene rings is 1. The minimum atomic E-state index is 0.0254. The zero-order valence-corrected chi connectivity index (χ0v) is 13.9. The van der Waals surface area contributed by atoms with Gasteiger partial charge in [-0.15, -0.1) is 0 Å². The maximum atomic E-state index is 12.6. The molecule has 1 aliphatic heterocycles. The monoisotopic (exact) mass is 334 g/mol. The lowest BCUT2D eigenvalue weighted by Gasteiger charge is -2.37. The minimum Gasteiger partial charge on any atom is -0.333 e. The number of piperazine rings is 1. The van der Waals surface area contributed by atoms with E-state index in [-0.39, 0.29) is 11.9 Å². The SMILES string of the molecule is O=C(CCc1ccsc1)N1CCNCC1c1ccccc1Cl. The van der Waals surface area contributed by atoms with Gasteiger partial charge in [-0.2, -0.15) is 11.3 Å². The van der Waals surface area contributed by atoms with Crippen LogP contribution < -0.4 is 5.32 Å². The van der Waals surface area contributed by atoms with Gasteiger partial charge in [-0.25, -0.2) is 0 Å². The quantitative estimate of drug-likeness (QED) is 0.928. The third-order valence-electron chi connectivity index (χ3n) is 4.04. The summed E-state index contributed by atoms with van der Waals surface area (Å²) >= 11 is 8.00. The molecule has 22 heavy (non-hydrogen) atoms. The fourth-order valence-corrected chi connectivity index (χ4v) is 3.82. The van der Waals surface area contributed by atoms with Crippen molar-refractivity contribution in [2.45, 2.75) is 18.9 Å². The molecular formula is C17H19ClN2OS. The van der Waals surface area contributed by atoms with Crippen molar-refractivity contribution in [3.8, 4) is 0 Å². The molecule has 2 heterocycles. The van der Waals surface area contributed by atoms with E-state index in [1.54, 1.807) is 11.3 Å². The lowest BCUT2D eigenvalue weighted by atomic mass is 10.0. The molecule has 1 aromatic heterocycles. The summed E-state index contributed by atoms with van der Waals surface area (Å²) in [4.78, 5) is 14.6. The van der Waals surface area contributed by atoms with Crippen LogP contribution in [0.1, 0.15) is 23.6 Å². The van der Waals surface area contributed by atoms with Crippen LogP contribution in [0.3, 0.4) is 0 Å². The molecule has 1 amide bonds. The number of carbonyl (C=O) groups is 1. The molecular weight excluding hydrogens is 316 g/mol. The van der Waals surface area contributed by atoms with Crippen LogP contribution in [-0.2, 0) is 11.2 Å². The van der Waals surface area contributed by atoms with Crippen LogP contribution in [0.15, 0.2) is 41.1 Å². The molecule has 1 atom stereocenters. The third-order valence-corrected chi connectivity index (χ3v) is 5.11. The molecule has 1 saturated heterocycles. The molecule has 3 nitrogen and oxygen atoms in total. The number of amides is 1. The van der Waals surface area contributed by atoms with E-state index in [0.29, 0.717) is 6.42 Å². The van der Waals surface area contributed by atoms with Crippen molar-refractivity contribution in [1.82, 2.24) is 10.2 Å². The summed E-state index contributed by atoms with van der Waals surface area (Å²) in [7, 11) is 0. The van der Waals surface area contributed by atoms with Gasteiger partial charge in [0.1, 0.15) is 0 Å². The third kappa shape index (κ3) is 3.51. The molecule has 1 N–H and O–H groups in total. The van der Waals surface area contributed by atoms with Crippen LogP contribution in [0.5, 0.6) is 0 Å². The van der Waals surface area contributed by atoms with E-state index in [0.717, 1.165) is 36.6 Å². The molecule has 1 fully saturated rings. The van der Waals surface area contributed by atoms with Crippen LogP contribution in [0.2, 0.25) is 5.02 Å². The van der Waals surface area contributed by atoms with Crippen LogP contribution in [0.4, 0.5) is 0 Å². The van der Waals surface area contributed by atoms with E-state index in [9.17, 15) is 4.79 Å². The van der Waals surface area contributed by atoms with Crippen LogP contribution in [-0.4, -0.2) is 30.4 Å². The molecule has 2 aromatic rings. The van der Waals surface area contributed by atoms with E-state index in [2.05, 4.69) is 22.1 Å². The Bertz CT molecular complexity index is 629. The first-order valence-electron chi connectivity index (χ1n) is 7.51. The van der Waals surface area contributed by atoms with Crippen LogP contribution in [0, 0.1) is 0 Å². The zero-order valence-electron chi connectivity index (χ0n) is 12.3. The van der Waals surface area contributed by atoms with Crippen LogP contribution in [0.25, 0.3) is 0 Å². The van der Waals surface area contributed by atoms with Gasteiger partial charge in [0.25, 0.3) is 0 Å². The van der Waals surface area contributed by atoms with Gasteiger partial charge in [0.2, 0.25) is 5.91 Å². The van der Waals surface area contributed by atoms with Gasteiger partial charge in [-0.3, -0.25) is 4.79 Å². The number of halogens is 1. The number of hydrogen-bond acceptors (Lipinski definition) is 3. The smallest absolute Gasteiger partial charge is 0.223 e. The highest BCUT2D eigenvalue weighted by molar-refractivity contribution is 7.07. The number of aryl methyl sites for hydroxylation is 1. The highest BCUT2D eigenvalue weighted by Gasteiger charge is 2.28. The Kier molecular flexibility index (Phi) is 5.13. The largest absolute Gasteiger partial charge is 0.333 e. The lowest BCUT2D eigenvalue weighted by Crippen LogP contribution is -2.48. The molecule has 0 spiro atoms. The number of rotatable bonds is 4. The summed E-state index contributed by atoms with van der Waals surface area (Å²) in [5.74, 6) is 0.206. The summed E-state index contributed by atoms with van der Waals surface area (Å²) < 4.78 is 0. The first kappa shape index (κ1) is 15.5. The average molecular weight is 335 g/mol. The fraction of sp³-hybridized carbons (Fsp3) is 0.353. The number of nitrogens with zero attached hydrogens (tertiary/aromatic N) is 1. The summed E-state index contributed by atoms with van der Waals surface area (Å²) in [6.07, 6.45) is 1.36. The zero-order chi connectivity index (χ0) is 15.4. The van der Waals surface area contributed by atoms with Gasteiger partial charge >= 0.3 is 0 Å². The number of nitrogens with one attached hydrogen (secondary N) is 1. The molecule has 0 bridgehead atoms. The summed E-state index contributed by atoms with van der Waals surface area (Å²) in [5, 5.41) is 8.25. The van der Waals surface area contributed by atoms with E-state index in [4.69, 9.17) is 11.6 Å². The Morgan fingerprint density at radius 3 is 3.00 bits per heavy atom. The highest BCUT2D eigenvalue weighted by Crippen LogP contribution is 2.29. The summed E-state index contributed by atoms with van der Waals surface area (Å²) in [6, 6.07) is 9.91. The van der Waals surface area contributed by atoms with Gasteiger partial charge in [0.05, 0.1) is 6.04 Å². The fourth-order valence-electron chi connectivity index (χ4n) is 2.86. The standard InChI is InChI=1S/C17H19ClN2OS/c18-15-4-2-1-3-14(15)16-11-19-8-9-20(16)17(21)6-5-13-7-10-22-12-13/h1-4,7,10,12,16,19H,5-6,8-9,11H2. The van der Waals surface area contributed by atoms with Gasteiger partial charge in [-0.1, -0.05) is 29.8 Å². The van der Waals surface area contributed by atoms with Gasteiger partial charge < -0.3 is 10.2 Å². The minimum absolute atomic E-state index is 0.0254. The second-order valence-electron chi connectivity index (χ2n) is 5.46. The highest BCUT2D eigenvalue weighted by atomic mass is 35.5. The Labute approximate surface area is 139 Å². The number of carbonyl (C=O) groups excluding carboxylic acids is 1. The van der Waals surface area contributed by atoms with Crippen molar-refractivity contribution in [2.75, 3.05) is 19.6 Å². The van der Waals surface area contributed by atoms with E-state index in [1.165, 1.54) is 5.56 Å². The Hall–Kier alpha value is -1.36. The second kappa shape index (κ2) is 7.27. The Morgan fingerprint density at radius 2 is 2.23 bits per heavy atom. The van der Waals surface area contributed by atoms with E-state index >= 15 is 0 Å². The molecule has 116 valence electrons. The average Bonchev–Trinajstić information content (AvgIpc) is 3.06. The maximum Gasteiger partial charge on any atom is 0.223 e. The van der Waals surface area contributed by atoms with Crippen molar-refractivity contribution in [3.63, 3.8) is 0 Å². The van der Waals surface area contributed by atoms with Crippen molar-refractivity contribution in [1.29, 1.82) is 0 Å². The maximum absolute atomic E-state index is 12.6. The van der Waals surface area contributed by atoms with Gasteiger partial charge in [-0.05, 0) is 40.4 Å². The van der Waals surface area contributed by atoms with Crippen molar-refractivity contribution in [3.05, 3.63) is 57.2 Å². The summed E-state index contributed by atoms with van der Waals surface area (Å²) in [5.41, 5.74) is 2.27. The Morgan fingerprint density at radius 1 is 1.36 bits per heavy atom. The molecule has 0 saturated carbocycles. The second-order valence-corrected chi connectivity index (χ2v) is 6.65. The van der Waals surface area contributed by atoms with Crippen molar-refractivity contribution in [2.24, 2.45) is 0 Å². The topological polar surface area (TPSA) is 32.3 Å². The first-order valence-corrected chi connectivity index (χ1v) is 8.83. The molecule has 1 aliphatic rings. The molecule has 0 radical (unpaired) electrons. The molecule has 1 unspecified atom stereocenters.